The van der Waals surface area contributed by atoms with E-state index in [1.807, 2.05) is 0 Å². The molecule has 2 unspecified atom stereocenters. The molecule has 114 valence electrons. The lowest BCUT2D eigenvalue weighted by Crippen LogP contribution is -2.29. The fourth-order valence-corrected chi connectivity index (χ4v) is 2.91. The van der Waals surface area contributed by atoms with Crippen molar-refractivity contribution in [2.45, 2.75) is 19.3 Å². The molecule has 0 aliphatic carbocycles. The Balaban J connectivity index is 2.70. The third-order valence-corrected chi connectivity index (χ3v) is 4.34. The van der Waals surface area contributed by atoms with Gasteiger partial charge in [-0.05, 0) is 24.0 Å². The van der Waals surface area contributed by atoms with Gasteiger partial charge in [-0.25, -0.2) is 0 Å². The molecule has 1 rings (SSSR count). The van der Waals surface area contributed by atoms with Gasteiger partial charge in [0.25, 0.3) is 0 Å². The van der Waals surface area contributed by atoms with Gasteiger partial charge < -0.3 is 14.8 Å². The van der Waals surface area contributed by atoms with E-state index < -0.39 is 0 Å². The summed E-state index contributed by atoms with van der Waals surface area (Å²) >= 11 is 3.67. The lowest BCUT2D eigenvalue weighted by atomic mass is 9.85. The number of hydrogen-bond acceptors (Lipinski definition) is 3. The largest absolute Gasteiger partial charge is 0.385 e. The zero-order chi connectivity index (χ0) is 14.8. The first-order valence-corrected chi connectivity index (χ1v) is 7.93. The minimum Gasteiger partial charge on any atom is -0.385 e. The molecule has 0 saturated carbocycles. The average molecular weight is 344 g/mol. The number of rotatable bonds is 10. The number of benzene rings is 1. The second-order valence-corrected chi connectivity index (χ2v) is 5.94. The van der Waals surface area contributed by atoms with Crippen LogP contribution >= 0.6 is 15.9 Å². The number of halogens is 1. The second kappa shape index (κ2) is 10.3. The van der Waals surface area contributed by atoms with Gasteiger partial charge in [-0.15, -0.1) is 0 Å². The summed E-state index contributed by atoms with van der Waals surface area (Å²) in [7, 11) is 3.49. The van der Waals surface area contributed by atoms with Crippen LogP contribution in [0.25, 0.3) is 0 Å². The van der Waals surface area contributed by atoms with E-state index in [2.05, 4.69) is 52.4 Å². The first-order valence-electron chi connectivity index (χ1n) is 7.13. The van der Waals surface area contributed by atoms with Gasteiger partial charge in [0.1, 0.15) is 0 Å². The highest BCUT2D eigenvalue weighted by Crippen LogP contribution is 2.31. The molecule has 1 aromatic rings. The van der Waals surface area contributed by atoms with Crippen molar-refractivity contribution in [1.29, 1.82) is 0 Å². The Labute approximate surface area is 131 Å². The van der Waals surface area contributed by atoms with E-state index in [4.69, 9.17) is 9.47 Å². The van der Waals surface area contributed by atoms with Crippen LogP contribution < -0.4 is 5.32 Å². The van der Waals surface area contributed by atoms with Crippen LogP contribution in [0.2, 0.25) is 0 Å². The van der Waals surface area contributed by atoms with Crippen molar-refractivity contribution in [3.05, 3.63) is 34.3 Å². The molecule has 0 radical (unpaired) electrons. The first-order chi connectivity index (χ1) is 9.70. The van der Waals surface area contributed by atoms with E-state index in [0.717, 1.165) is 32.7 Å². The van der Waals surface area contributed by atoms with Crippen LogP contribution in [0.3, 0.4) is 0 Å². The third-order valence-electron chi connectivity index (χ3n) is 3.62. The number of methoxy groups -OCH3 is 2. The van der Waals surface area contributed by atoms with Gasteiger partial charge in [0.05, 0.1) is 6.61 Å². The molecule has 0 spiro atoms. The standard InChI is InChI=1S/C16H26BrNO2/c1-13(8-10-19-2)15(12-18-9-11-20-3)14-6-4-5-7-16(14)17/h4-7,13,15,18H,8-12H2,1-3H3. The molecule has 0 aliphatic rings. The second-order valence-electron chi connectivity index (χ2n) is 5.08. The summed E-state index contributed by atoms with van der Waals surface area (Å²) in [5, 5.41) is 3.48. The molecule has 0 bridgehead atoms. The van der Waals surface area contributed by atoms with Crippen molar-refractivity contribution in [2.75, 3.05) is 40.5 Å². The maximum Gasteiger partial charge on any atom is 0.0587 e. The predicted molar refractivity (Wildman–Crippen MR) is 87.3 cm³/mol. The topological polar surface area (TPSA) is 30.5 Å². The van der Waals surface area contributed by atoms with Crippen LogP contribution in [0, 0.1) is 5.92 Å². The third kappa shape index (κ3) is 5.92. The van der Waals surface area contributed by atoms with Crippen LogP contribution in [-0.4, -0.2) is 40.5 Å². The van der Waals surface area contributed by atoms with Crippen LogP contribution in [0.1, 0.15) is 24.8 Å². The molecular formula is C16H26BrNO2. The van der Waals surface area contributed by atoms with E-state index in [9.17, 15) is 0 Å². The Morgan fingerprint density at radius 1 is 1.15 bits per heavy atom. The van der Waals surface area contributed by atoms with E-state index in [0.29, 0.717) is 11.8 Å². The highest BCUT2D eigenvalue weighted by molar-refractivity contribution is 9.10. The Morgan fingerprint density at radius 2 is 1.85 bits per heavy atom. The molecule has 1 aromatic carbocycles. The molecule has 3 nitrogen and oxygen atoms in total. The maximum absolute atomic E-state index is 5.22. The van der Waals surface area contributed by atoms with Crippen molar-refractivity contribution in [3.63, 3.8) is 0 Å². The fourth-order valence-electron chi connectivity index (χ4n) is 2.33. The quantitative estimate of drug-likeness (QED) is 0.660. The van der Waals surface area contributed by atoms with Gasteiger partial charge in [-0.3, -0.25) is 0 Å². The summed E-state index contributed by atoms with van der Waals surface area (Å²) in [6.45, 7) is 5.68. The summed E-state index contributed by atoms with van der Waals surface area (Å²) in [5.74, 6) is 1.03. The first kappa shape index (κ1) is 17.6. The summed E-state index contributed by atoms with van der Waals surface area (Å²) < 4.78 is 11.5. The summed E-state index contributed by atoms with van der Waals surface area (Å²) in [6, 6.07) is 8.48. The van der Waals surface area contributed by atoms with Gasteiger partial charge in [0, 0.05) is 44.3 Å². The Kier molecular flexibility index (Phi) is 9.10. The van der Waals surface area contributed by atoms with Crippen molar-refractivity contribution < 1.29 is 9.47 Å². The zero-order valence-corrected chi connectivity index (χ0v) is 14.3. The minimum absolute atomic E-state index is 0.470. The van der Waals surface area contributed by atoms with Crippen LogP contribution in [0.15, 0.2) is 28.7 Å². The Hall–Kier alpha value is -0.420. The highest BCUT2D eigenvalue weighted by Gasteiger charge is 2.20. The molecule has 20 heavy (non-hydrogen) atoms. The van der Waals surface area contributed by atoms with Crippen molar-refractivity contribution >= 4 is 15.9 Å². The average Bonchev–Trinajstić information content (AvgIpc) is 2.46. The monoisotopic (exact) mass is 343 g/mol. The summed E-state index contributed by atoms with van der Waals surface area (Å²) in [6.07, 6.45) is 1.06. The molecule has 1 N–H and O–H groups in total. The molecule has 0 aliphatic heterocycles. The highest BCUT2D eigenvalue weighted by atomic mass is 79.9. The van der Waals surface area contributed by atoms with E-state index in [1.54, 1.807) is 14.2 Å². The SMILES string of the molecule is COCCNCC(c1ccccc1Br)C(C)CCOC. The number of nitrogens with one attached hydrogen (secondary N) is 1. The summed E-state index contributed by atoms with van der Waals surface area (Å²) in [4.78, 5) is 0. The van der Waals surface area contributed by atoms with E-state index >= 15 is 0 Å². The predicted octanol–water partition coefficient (Wildman–Crippen LogP) is 3.44. The lowest BCUT2D eigenvalue weighted by Gasteiger charge is -2.26. The Bertz CT molecular complexity index is 373. The van der Waals surface area contributed by atoms with E-state index in [-0.39, 0.29) is 0 Å². The molecule has 0 fully saturated rings. The molecule has 0 aromatic heterocycles. The van der Waals surface area contributed by atoms with Crippen molar-refractivity contribution in [3.8, 4) is 0 Å². The van der Waals surface area contributed by atoms with Gasteiger partial charge in [0.15, 0.2) is 0 Å². The zero-order valence-electron chi connectivity index (χ0n) is 12.7. The Morgan fingerprint density at radius 3 is 2.50 bits per heavy atom. The fraction of sp³-hybridized carbons (Fsp3) is 0.625. The van der Waals surface area contributed by atoms with Crippen molar-refractivity contribution in [2.24, 2.45) is 5.92 Å². The smallest absolute Gasteiger partial charge is 0.0587 e. The normalized spacial score (nSPS) is 14.2. The van der Waals surface area contributed by atoms with Gasteiger partial charge in [-0.2, -0.15) is 0 Å². The number of ether oxygens (including phenoxy) is 2. The molecule has 4 heteroatoms. The van der Waals surface area contributed by atoms with Crippen LogP contribution in [0.4, 0.5) is 0 Å². The van der Waals surface area contributed by atoms with Crippen LogP contribution in [0.5, 0.6) is 0 Å². The number of hydrogen-bond donors (Lipinski definition) is 1. The van der Waals surface area contributed by atoms with Crippen molar-refractivity contribution in [1.82, 2.24) is 5.32 Å². The molecule has 0 saturated heterocycles. The summed E-state index contributed by atoms with van der Waals surface area (Å²) in [5.41, 5.74) is 1.36. The maximum atomic E-state index is 5.22. The lowest BCUT2D eigenvalue weighted by molar-refractivity contribution is 0.172. The molecular weight excluding hydrogens is 318 g/mol. The molecule has 0 heterocycles. The van der Waals surface area contributed by atoms with Crippen LogP contribution in [-0.2, 0) is 9.47 Å². The molecule has 0 amide bonds. The van der Waals surface area contributed by atoms with Gasteiger partial charge >= 0.3 is 0 Å². The van der Waals surface area contributed by atoms with Gasteiger partial charge in [0.2, 0.25) is 0 Å². The minimum atomic E-state index is 0.470. The van der Waals surface area contributed by atoms with E-state index in [1.165, 1.54) is 10.0 Å². The molecule has 2 atom stereocenters. The van der Waals surface area contributed by atoms with Gasteiger partial charge in [-0.1, -0.05) is 41.1 Å².